The molecule has 0 radical (unpaired) electrons. The van der Waals surface area contributed by atoms with Crippen molar-refractivity contribution >= 4 is 21.8 Å². The van der Waals surface area contributed by atoms with Crippen LogP contribution in [0.5, 0.6) is 0 Å². The summed E-state index contributed by atoms with van der Waals surface area (Å²) in [5, 5.41) is 12.3. The topological polar surface area (TPSA) is 62.2 Å². The molecule has 2 N–H and O–H groups in total. The molecule has 21 heavy (non-hydrogen) atoms. The van der Waals surface area contributed by atoms with Crippen LogP contribution in [-0.4, -0.2) is 29.1 Å². The Hall–Kier alpha value is -1.72. The molecule has 110 valence electrons. The second-order valence-corrected chi connectivity index (χ2v) is 5.71. The van der Waals surface area contributed by atoms with E-state index in [0.29, 0.717) is 18.5 Å². The second-order valence-electron chi connectivity index (χ2n) is 4.79. The highest BCUT2D eigenvalue weighted by atomic mass is 79.9. The van der Waals surface area contributed by atoms with E-state index in [4.69, 9.17) is 0 Å². The third kappa shape index (κ3) is 4.95. The van der Waals surface area contributed by atoms with Crippen molar-refractivity contribution in [1.82, 2.24) is 10.3 Å². The Kier molecular flexibility index (Phi) is 5.90. The van der Waals surface area contributed by atoms with Gasteiger partial charge >= 0.3 is 0 Å². The first-order valence-electron chi connectivity index (χ1n) is 6.73. The molecular weight excluding hydrogens is 332 g/mol. The fraction of sp³-hybridized carbons (Fsp3) is 0.250. The van der Waals surface area contributed by atoms with E-state index >= 15 is 0 Å². The van der Waals surface area contributed by atoms with Crippen LogP contribution in [0.2, 0.25) is 0 Å². The number of nitrogens with zero attached hydrogens (tertiary/aromatic N) is 1. The summed E-state index contributed by atoms with van der Waals surface area (Å²) < 4.78 is 0.933. The molecule has 1 amide bonds. The number of pyridine rings is 1. The highest BCUT2D eigenvalue weighted by molar-refractivity contribution is 9.10. The number of halogens is 1. The molecule has 4 nitrogen and oxygen atoms in total. The Labute approximate surface area is 132 Å². The summed E-state index contributed by atoms with van der Waals surface area (Å²) in [6.45, 7) is 0.430. The fourth-order valence-corrected chi connectivity index (χ4v) is 2.22. The van der Waals surface area contributed by atoms with Gasteiger partial charge in [0.25, 0.3) is 5.91 Å². The van der Waals surface area contributed by atoms with Crippen molar-refractivity contribution in [2.45, 2.75) is 6.42 Å². The number of amides is 1. The average molecular weight is 349 g/mol. The summed E-state index contributed by atoms with van der Waals surface area (Å²) in [6.07, 6.45) is 2.36. The van der Waals surface area contributed by atoms with Gasteiger partial charge in [-0.1, -0.05) is 22.0 Å². The molecule has 0 fully saturated rings. The summed E-state index contributed by atoms with van der Waals surface area (Å²) in [6, 6.07) is 12.8. The lowest BCUT2D eigenvalue weighted by Crippen LogP contribution is -2.32. The Bertz CT molecular complexity index is 573. The molecule has 1 aromatic carbocycles. The molecule has 0 saturated heterocycles. The van der Waals surface area contributed by atoms with Gasteiger partial charge in [-0.15, -0.1) is 0 Å². The molecule has 0 bridgehead atoms. The first kappa shape index (κ1) is 15.7. The molecule has 0 spiro atoms. The van der Waals surface area contributed by atoms with Gasteiger partial charge in [0.2, 0.25) is 0 Å². The average Bonchev–Trinajstić information content (AvgIpc) is 2.52. The van der Waals surface area contributed by atoms with Gasteiger partial charge in [0.05, 0.1) is 0 Å². The standard InChI is InChI=1S/C16H17BrN2O2/c17-14-6-4-13(5-7-14)16(21)19-10-12(11-20)9-15-3-1-2-8-18-15/h1-8,12,20H,9-11H2,(H,19,21). The van der Waals surface area contributed by atoms with Crippen LogP contribution in [0.15, 0.2) is 53.1 Å². The highest BCUT2D eigenvalue weighted by Gasteiger charge is 2.12. The minimum atomic E-state index is -0.137. The third-order valence-electron chi connectivity index (χ3n) is 3.14. The number of aliphatic hydroxyl groups is 1. The predicted molar refractivity (Wildman–Crippen MR) is 85.0 cm³/mol. The van der Waals surface area contributed by atoms with E-state index in [1.54, 1.807) is 18.3 Å². The fourth-order valence-electron chi connectivity index (χ4n) is 1.96. The first-order chi connectivity index (χ1) is 10.2. The number of rotatable bonds is 6. The number of aromatic nitrogens is 1. The highest BCUT2D eigenvalue weighted by Crippen LogP contribution is 2.11. The Morgan fingerprint density at radius 2 is 2.00 bits per heavy atom. The maximum Gasteiger partial charge on any atom is 0.251 e. The first-order valence-corrected chi connectivity index (χ1v) is 7.53. The summed E-state index contributed by atoms with van der Waals surface area (Å²) in [5.74, 6) is -0.179. The minimum Gasteiger partial charge on any atom is -0.396 e. The maximum atomic E-state index is 12.0. The zero-order chi connectivity index (χ0) is 15.1. The molecule has 1 heterocycles. The van der Waals surface area contributed by atoms with E-state index in [0.717, 1.165) is 10.2 Å². The molecule has 2 aromatic rings. The van der Waals surface area contributed by atoms with E-state index in [1.807, 2.05) is 30.3 Å². The van der Waals surface area contributed by atoms with Gasteiger partial charge in [-0.05, 0) is 42.8 Å². The number of hydrogen-bond acceptors (Lipinski definition) is 3. The molecular formula is C16H17BrN2O2. The van der Waals surface area contributed by atoms with Gasteiger partial charge in [0.15, 0.2) is 0 Å². The van der Waals surface area contributed by atoms with Gasteiger partial charge in [-0.3, -0.25) is 9.78 Å². The van der Waals surface area contributed by atoms with Gasteiger partial charge in [-0.25, -0.2) is 0 Å². The van der Waals surface area contributed by atoms with Crippen molar-refractivity contribution in [3.05, 3.63) is 64.4 Å². The maximum absolute atomic E-state index is 12.0. The van der Waals surface area contributed by atoms with Crippen LogP contribution in [0.3, 0.4) is 0 Å². The van der Waals surface area contributed by atoms with Crippen molar-refractivity contribution in [2.75, 3.05) is 13.2 Å². The molecule has 0 aliphatic heterocycles. The molecule has 0 aliphatic carbocycles. The number of nitrogens with one attached hydrogen (secondary N) is 1. The van der Waals surface area contributed by atoms with Crippen LogP contribution in [0, 0.1) is 5.92 Å². The zero-order valence-electron chi connectivity index (χ0n) is 11.5. The van der Waals surface area contributed by atoms with E-state index in [2.05, 4.69) is 26.2 Å². The molecule has 0 saturated carbocycles. The number of aliphatic hydroxyl groups excluding tert-OH is 1. The monoisotopic (exact) mass is 348 g/mol. The van der Waals surface area contributed by atoms with E-state index in [-0.39, 0.29) is 18.4 Å². The molecule has 5 heteroatoms. The van der Waals surface area contributed by atoms with Crippen molar-refractivity contribution in [3.63, 3.8) is 0 Å². The molecule has 1 aromatic heterocycles. The van der Waals surface area contributed by atoms with Crippen molar-refractivity contribution in [1.29, 1.82) is 0 Å². The SMILES string of the molecule is O=C(NCC(CO)Cc1ccccn1)c1ccc(Br)cc1. The van der Waals surface area contributed by atoms with Crippen LogP contribution in [0.1, 0.15) is 16.1 Å². The number of hydrogen-bond donors (Lipinski definition) is 2. The summed E-state index contributed by atoms with van der Waals surface area (Å²) in [7, 11) is 0. The summed E-state index contributed by atoms with van der Waals surface area (Å²) in [4.78, 5) is 16.2. The van der Waals surface area contributed by atoms with Crippen LogP contribution >= 0.6 is 15.9 Å². The Balaban J connectivity index is 1.88. The van der Waals surface area contributed by atoms with E-state index in [9.17, 15) is 9.90 Å². The largest absolute Gasteiger partial charge is 0.396 e. The number of carbonyl (C=O) groups is 1. The van der Waals surface area contributed by atoms with Crippen molar-refractivity contribution in [3.8, 4) is 0 Å². The normalized spacial score (nSPS) is 11.9. The van der Waals surface area contributed by atoms with Crippen LogP contribution in [0.4, 0.5) is 0 Å². The lowest BCUT2D eigenvalue weighted by atomic mass is 10.0. The van der Waals surface area contributed by atoms with E-state index in [1.165, 1.54) is 0 Å². The quantitative estimate of drug-likeness (QED) is 0.842. The van der Waals surface area contributed by atoms with Crippen LogP contribution in [0.25, 0.3) is 0 Å². The molecule has 1 unspecified atom stereocenters. The van der Waals surface area contributed by atoms with Crippen molar-refractivity contribution in [2.24, 2.45) is 5.92 Å². The third-order valence-corrected chi connectivity index (χ3v) is 3.67. The van der Waals surface area contributed by atoms with E-state index < -0.39 is 0 Å². The smallest absolute Gasteiger partial charge is 0.251 e. The Morgan fingerprint density at radius 1 is 1.24 bits per heavy atom. The van der Waals surface area contributed by atoms with Crippen LogP contribution < -0.4 is 5.32 Å². The summed E-state index contributed by atoms with van der Waals surface area (Å²) in [5.41, 5.74) is 1.52. The second kappa shape index (κ2) is 7.90. The van der Waals surface area contributed by atoms with Crippen molar-refractivity contribution < 1.29 is 9.90 Å². The van der Waals surface area contributed by atoms with Crippen LogP contribution in [-0.2, 0) is 6.42 Å². The molecule has 1 atom stereocenters. The number of benzene rings is 1. The minimum absolute atomic E-state index is 0.0111. The Morgan fingerprint density at radius 3 is 2.62 bits per heavy atom. The lowest BCUT2D eigenvalue weighted by Gasteiger charge is -2.14. The van der Waals surface area contributed by atoms with Gasteiger partial charge in [-0.2, -0.15) is 0 Å². The van der Waals surface area contributed by atoms with Gasteiger partial charge in [0, 0.05) is 41.0 Å². The lowest BCUT2D eigenvalue weighted by molar-refractivity contribution is 0.0940. The van der Waals surface area contributed by atoms with Gasteiger partial charge in [0.1, 0.15) is 0 Å². The molecule has 2 rings (SSSR count). The van der Waals surface area contributed by atoms with Gasteiger partial charge < -0.3 is 10.4 Å². The summed E-state index contributed by atoms with van der Waals surface area (Å²) >= 11 is 3.33. The predicted octanol–water partition coefficient (Wildman–Crippen LogP) is 2.43. The zero-order valence-corrected chi connectivity index (χ0v) is 13.1. The molecule has 0 aliphatic rings. The number of carbonyl (C=O) groups excluding carboxylic acids is 1.